The molecule has 1 fully saturated rings. The van der Waals surface area contributed by atoms with Crippen molar-refractivity contribution in [3.8, 4) is 0 Å². The first-order valence-corrected chi connectivity index (χ1v) is 9.43. The molecule has 1 atom stereocenters. The minimum absolute atomic E-state index is 0.133. The zero-order valence-electron chi connectivity index (χ0n) is 14.2. The molecule has 130 valence electrons. The van der Waals surface area contributed by atoms with E-state index in [0.29, 0.717) is 11.0 Å². The zero-order chi connectivity index (χ0) is 17.2. The summed E-state index contributed by atoms with van der Waals surface area (Å²) in [6.07, 6.45) is 2.51. The van der Waals surface area contributed by atoms with Crippen LogP contribution >= 0.6 is 11.3 Å². The molecule has 1 N–H and O–H groups in total. The topological polar surface area (TPSA) is 62.5 Å². The van der Waals surface area contributed by atoms with Gasteiger partial charge in [0.1, 0.15) is 0 Å². The van der Waals surface area contributed by atoms with Gasteiger partial charge in [0.15, 0.2) is 0 Å². The van der Waals surface area contributed by atoms with Crippen molar-refractivity contribution >= 4 is 21.4 Å². The van der Waals surface area contributed by atoms with Gasteiger partial charge in [-0.1, -0.05) is 41.7 Å². The Morgan fingerprint density at radius 1 is 1.24 bits per heavy atom. The van der Waals surface area contributed by atoms with E-state index in [9.17, 15) is 4.79 Å². The van der Waals surface area contributed by atoms with Gasteiger partial charge in [-0.25, -0.2) is 4.98 Å². The fraction of sp³-hybridized carbons (Fsp3) is 0.389. The molecule has 0 aliphatic carbocycles. The van der Waals surface area contributed by atoms with Gasteiger partial charge in [-0.15, -0.1) is 5.10 Å². The van der Waals surface area contributed by atoms with Gasteiger partial charge in [0.25, 0.3) is 5.56 Å². The van der Waals surface area contributed by atoms with Crippen LogP contribution in [0.2, 0.25) is 0 Å². The molecule has 7 heteroatoms. The Morgan fingerprint density at radius 3 is 2.76 bits per heavy atom. The molecule has 1 aliphatic heterocycles. The van der Waals surface area contributed by atoms with Crippen LogP contribution in [0.15, 0.2) is 41.2 Å². The Labute approximate surface area is 150 Å². The molecule has 1 aromatic carbocycles. The number of fused-ring (bicyclic) bond motifs is 1. The van der Waals surface area contributed by atoms with Crippen molar-refractivity contribution in [2.24, 2.45) is 0 Å². The maximum atomic E-state index is 12.0. The fourth-order valence-corrected chi connectivity index (χ4v) is 4.22. The molecule has 0 bridgehead atoms. The number of likely N-dealkylation sites (tertiary alicyclic amines) is 1. The maximum Gasteiger partial charge on any atom is 0.275 e. The lowest BCUT2D eigenvalue weighted by molar-refractivity contribution is 0.256. The summed E-state index contributed by atoms with van der Waals surface area (Å²) in [5.74, 6) is 0. The van der Waals surface area contributed by atoms with Crippen LogP contribution < -0.4 is 10.9 Å². The highest BCUT2D eigenvalue weighted by atomic mass is 32.1. The summed E-state index contributed by atoms with van der Waals surface area (Å²) >= 11 is 1.42. The van der Waals surface area contributed by atoms with Gasteiger partial charge in [-0.2, -0.15) is 4.52 Å². The number of benzene rings is 1. The average molecular weight is 355 g/mol. The molecule has 0 spiro atoms. The van der Waals surface area contributed by atoms with E-state index >= 15 is 0 Å². The Morgan fingerprint density at radius 2 is 2.00 bits per heavy atom. The van der Waals surface area contributed by atoms with E-state index in [1.807, 2.05) is 13.0 Å². The van der Waals surface area contributed by atoms with Crippen LogP contribution in [0.3, 0.4) is 0 Å². The van der Waals surface area contributed by atoms with Crippen LogP contribution in [0.25, 0.3) is 4.96 Å². The molecule has 6 nitrogen and oxygen atoms in total. The van der Waals surface area contributed by atoms with Crippen LogP contribution in [-0.2, 0) is 0 Å². The lowest BCUT2D eigenvalue weighted by Gasteiger charge is -2.28. The van der Waals surface area contributed by atoms with Crippen molar-refractivity contribution < 1.29 is 0 Å². The second kappa shape index (κ2) is 6.93. The predicted octanol–water partition coefficient (Wildman–Crippen LogP) is 2.71. The molecule has 0 radical (unpaired) electrons. The monoisotopic (exact) mass is 355 g/mol. The van der Waals surface area contributed by atoms with Crippen LogP contribution in [0.4, 0.5) is 5.13 Å². The fourth-order valence-electron chi connectivity index (χ4n) is 3.36. The summed E-state index contributed by atoms with van der Waals surface area (Å²) in [6.45, 7) is 4.84. The first-order chi connectivity index (χ1) is 12.2. The van der Waals surface area contributed by atoms with Crippen LogP contribution in [-0.4, -0.2) is 39.1 Å². The Bertz CT molecular complexity index is 914. The largest absolute Gasteiger partial charge is 0.358 e. The molecule has 1 saturated heterocycles. The van der Waals surface area contributed by atoms with Gasteiger partial charge >= 0.3 is 0 Å². The van der Waals surface area contributed by atoms with Gasteiger partial charge in [-0.3, -0.25) is 9.69 Å². The number of aryl methyl sites for hydroxylation is 1. The highest BCUT2D eigenvalue weighted by Crippen LogP contribution is 2.26. The third kappa shape index (κ3) is 3.43. The molecule has 3 heterocycles. The highest BCUT2D eigenvalue weighted by molar-refractivity contribution is 7.20. The maximum absolute atomic E-state index is 12.0. The molecule has 0 unspecified atom stereocenters. The van der Waals surface area contributed by atoms with E-state index < -0.39 is 0 Å². The minimum atomic E-state index is -0.133. The number of aromatic nitrogens is 3. The van der Waals surface area contributed by atoms with Crippen LogP contribution in [0.5, 0.6) is 0 Å². The van der Waals surface area contributed by atoms with Crippen molar-refractivity contribution in [2.75, 3.05) is 25.0 Å². The number of hydrogen-bond acceptors (Lipinski definition) is 6. The van der Waals surface area contributed by atoms with Crippen LogP contribution in [0.1, 0.15) is 30.1 Å². The molecule has 0 saturated carbocycles. The average Bonchev–Trinajstić information content (AvgIpc) is 3.26. The predicted molar refractivity (Wildman–Crippen MR) is 100 cm³/mol. The van der Waals surface area contributed by atoms with Gasteiger partial charge < -0.3 is 5.32 Å². The third-order valence-corrected chi connectivity index (χ3v) is 5.45. The summed E-state index contributed by atoms with van der Waals surface area (Å²) in [5, 5.41) is 8.53. The van der Waals surface area contributed by atoms with Crippen molar-refractivity contribution in [2.45, 2.75) is 25.8 Å². The summed E-state index contributed by atoms with van der Waals surface area (Å²) in [6, 6.07) is 12.4. The third-order valence-electron chi connectivity index (χ3n) is 4.59. The smallest absolute Gasteiger partial charge is 0.275 e. The van der Waals surface area contributed by atoms with Crippen LogP contribution in [0, 0.1) is 6.92 Å². The highest BCUT2D eigenvalue weighted by Gasteiger charge is 2.23. The van der Waals surface area contributed by atoms with E-state index in [1.165, 1.54) is 40.3 Å². The summed E-state index contributed by atoms with van der Waals surface area (Å²) in [7, 11) is 0. The second-order valence-corrected chi connectivity index (χ2v) is 7.34. The van der Waals surface area contributed by atoms with Crippen molar-refractivity contribution in [3.63, 3.8) is 0 Å². The van der Waals surface area contributed by atoms with Crippen molar-refractivity contribution in [1.29, 1.82) is 0 Å². The van der Waals surface area contributed by atoms with E-state index in [1.54, 1.807) is 0 Å². The first-order valence-electron chi connectivity index (χ1n) is 8.61. The molecule has 25 heavy (non-hydrogen) atoms. The normalized spacial score (nSPS) is 16.4. The molecule has 4 rings (SSSR count). The number of nitrogens with one attached hydrogen (secondary N) is 1. The molecule has 1 aliphatic rings. The van der Waals surface area contributed by atoms with Gasteiger partial charge in [0.05, 0.1) is 6.04 Å². The van der Waals surface area contributed by atoms with Gasteiger partial charge in [0, 0.05) is 18.3 Å². The molecule has 3 aromatic rings. The zero-order valence-corrected chi connectivity index (χ0v) is 15.0. The lowest BCUT2D eigenvalue weighted by atomic mass is 10.1. The van der Waals surface area contributed by atoms with E-state index in [-0.39, 0.29) is 5.56 Å². The van der Waals surface area contributed by atoms with E-state index in [4.69, 9.17) is 0 Å². The number of hydrogen-bond donors (Lipinski definition) is 1. The Balaban J connectivity index is 1.57. The van der Waals surface area contributed by atoms with Crippen molar-refractivity contribution in [3.05, 3.63) is 58.0 Å². The summed E-state index contributed by atoms with van der Waals surface area (Å²) in [5.41, 5.74) is 1.90. The lowest BCUT2D eigenvalue weighted by Crippen LogP contribution is -2.31. The van der Waals surface area contributed by atoms with Gasteiger partial charge in [-0.05, 0) is 38.4 Å². The number of anilines is 1. The Hall–Kier alpha value is -2.25. The van der Waals surface area contributed by atoms with E-state index in [2.05, 4.69) is 44.6 Å². The molecule has 0 amide bonds. The summed E-state index contributed by atoms with van der Waals surface area (Å²) < 4.78 is 1.37. The SMILES string of the molecule is Cc1cc(=O)n2nc(NC[C@@H](c3ccccc3)N3CCCC3)sc2n1. The number of nitrogens with zero attached hydrogens (tertiary/aromatic N) is 4. The first kappa shape index (κ1) is 16.2. The molecular formula is C18H21N5OS. The minimum Gasteiger partial charge on any atom is -0.358 e. The molecule has 2 aromatic heterocycles. The molecular weight excluding hydrogens is 334 g/mol. The van der Waals surface area contributed by atoms with E-state index in [0.717, 1.165) is 30.5 Å². The summed E-state index contributed by atoms with van der Waals surface area (Å²) in [4.78, 5) is 19.5. The van der Waals surface area contributed by atoms with Gasteiger partial charge in [0.2, 0.25) is 10.1 Å². The number of rotatable bonds is 5. The standard InChI is InChI=1S/C18H21N5OS/c1-13-11-16(24)23-18(20-13)25-17(21-23)19-12-15(22-9-5-6-10-22)14-7-3-2-4-8-14/h2-4,7-8,11,15H,5-6,9-10,12H2,1H3,(H,19,21)/t15-/m0/s1. The van der Waals surface area contributed by atoms with Crippen molar-refractivity contribution in [1.82, 2.24) is 19.5 Å². The Kier molecular flexibility index (Phi) is 4.50. The quantitative estimate of drug-likeness (QED) is 0.762. The second-order valence-electron chi connectivity index (χ2n) is 6.39.